The van der Waals surface area contributed by atoms with Crippen LogP contribution in [0.15, 0.2) is 6.20 Å². The minimum Gasteiger partial charge on any atom is -0.464 e. The number of hydrogen-bond acceptors (Lipinski definition) is 4. The lowest BCUT2D eigenvalue weighted by Gasteiger charge is -2.18. The fourth-order valence-corrected chi connectivity index (χ4v) is 1.40. The third-order valence-corrected chi connectivity index (χ3v) is 2.40. The van der Waals surface area contributed by atoms with Gasteiger partial charge in [0.05, 0.1) is 18.9 Å². The van der Waals surface area contributed by atoms with Crippen molar-refractivity contribution < 1.29 is 14.6 Å². The van der Waals surface area contributed by atoms with Crippen LogP contribution < -0.4 is 0 Å². The molecule has 1 aromatic rings. The fraction of sp³-hybridized carbons (Fsp3) is 0.636. The van der Waals surface area contributed by atoms with Crippen molar-refractivity contribution in [3.63, 3.8) is 0 Å². The van der Waals surface area contributed by atoms with Crippen LogP contribution in [-0.2, 0) is 11.3 Å². The molecule has 0 fully saturated rings. The molecule has 16 heavy (non-hydrogen) atoms. The summed E-state index contributed by atoms with van der Waals surface area (Å²) in [5.41, 5.74) is -0.339. The van der Waals surface area contributed by atoms with Gasteiger partial charge in [-0.3, -0.25) is 0 Å². The van der Waals surface area contributed by atoms with Crippen molar-refractivity contribution in [3.05, 3.63) is 17.7 Å². The number of nitrogens with zero attached hydrogens (tertiary/aromatic N) is 2. The summed E-state index contributed by atoms with van der Waals surface area (Å²) in [7, 11) is 1.34. The molecule has 5 nitrogen and oxygen atoms in total. The van der Waals surface area contributed by atoms with E-state index < -0.39 is 11.6 Å². The van der Waals surface area contributed by atoms with E-state index >= 15 is 0 Å². The van der Waals surface area contributed by atoms with Crippen LogP contribution in [0.5, 0.6) is 0 Å². The lowest BCUT2D eigenvalue weighted by atomic mass is 10.1. The molecule has 1 aromatic heterocycles. The zero-order valence-electron chi connectivity index (χ0n) is 10.1. The molecule has 0 aliphatic heterocycles. The van der Waals surface area contributed by atoms with E-state index in [0.717, 1.165) is 5.82 Å². The summed E-state index contributed by atoms with van der Waals surface area (Å²) in [5, 5.41) is 9.64. The van der Waals surface area contributed by atoms with Gasteiger partial charge in [0.15, 0.2) is 0 Å². The fourth-order valence-electron chi connectivity index (χ4n) is 1.40. The molecule has 1 rings (SSSR count). The number of rotatable bonds is 4. The van der Waals surface area contributed by atoms with Crippen LogP contribution in [0.3, 0.4) is 0 Å². The zero-order valence-corrected chi connectivity index (χ0v) is 10.1. The van der Waals surface area contributed by atoms with Crippen LogP contribution >= 0.6 is 0 Å². The minimum atomic E-state index is -0.760. The van der Waals surface area contributed by atoms with E-state index in [9.17, 15) is 9.90 Å². The average molecular weight is 226 g/mol. The lowest BCUT2D eigenvalue weighted by Crippen LogP contribution is -2.23. The molecule has 0 amide bonds. The molecule has 0 saturated heterocycles. The Hall–Kier alpha value is -1.36. The number of carbonyl (C=O) groups is 1. The number of aryl methyl sites for hydroxylation is 1. The molecule has 0 radical (unpaired) electrons. The molecular formula is C11H18N2O3. The van der Waals surface area contributed by atoms with Gasteiger partial charge in [-0.05, 0) is 27.2 Å². The van der Waals surface area contributed by atoms with Crippen LogP contribution in [0.1, 0.15) is 36.6 Å². The van der Waals surface area contributed by atoms with E-state index in [-0.39, 0.29) is 0 Å². The standard InChI is InChI=1S/C11H18N2O3/c1-8-12-7-9(10(14)16-4)13(8)6-5-11(2,3)15/h7,15H,5-6H2,1-4H3. The van der Waals surface area contributed by atoms with Gasteiger partial charge in [0.25, 0.3) is 0 Å². The topological polar surface area (TPSA) is 64.3 Å². The Labute approximate surface area is 95.1 Å². The molecule has 0 atom stereocenters. The Morgan fingerprint density at radius 1 is 1.62 bits per heavy atom. The van der Waals surface area contributed by atoms with Gasteiger partial charge in [0.1, 0.15) is 11.5 Å². The predicted octanol–water partition coefficient (Wildman–Crippen LogP) is 1.14. The predicted molar refractivity (Wildman–Crippen MR) is 59.2 cm³/mol. The Balaban J connectivity index is 2.86. The largest absolute Gasteiger partial charge is 0.464 e. The smallest absolute Gasteiger partial charge is 0.356 e. The summed E-state index contributed by atoms with van der Waals surface area (Å²) in [6.45, 7) is 5.82. The Bertz CT molecular complexity index is 377. The van der Waals surface area contributed by atoms with E-state index in [0.29, 0.717) is 18.7 Å². The summed E-state index contributed by atoms with van der Waals surface area (Å²) in [6.07, 6.45) is 2.04. The van der Waals surface area contributed by atoms with Crippen molar-refractivity contribution >= 4 is 5.97 Å². The van der Waals surface area contributed by atoms with E-state index in [2.05, 4.69) is 9.72 Å². The van der Waals surface area contributed by atoms with E-state index in [1.807, 2.05) is 6.92 Å². The molecule has 0 aromatic carbocycles. The van der Waals surface area contributed by atoms with Gasteiger partial charge in [0, 0.05) is 6.54 Å². The molecule has 0 spiro atoms. The molecule has 0 aliphatic carbocycles. The minimum absolute atomic E-state index is 0.406. The first-order valence-corrected chi connectivity index (χ1v) is 5.18. The highest BCUT2D eigenvalue weighted by molar-refractivity contribution is 5.87. The molecule has 1 heterocycles. The molecule has 0 bridgehead atoms. The summed E-state index contributed by atoms with van der Waals surface area (Å²) >= 11 is 0. The van der Waals surface area contributed by atoms with Crippen molar-refractivity contribution in [2.24, 2.45) is 0 Å². The number of ether oxygens (including phenoxy) is 1. The molecule has 90 valence electrons. The second kappa shape index (κ2) is 4.65. The average Bonchev–Trinajstić information content (AvgIpc) is 2.54. The first kappa shape index (κ1) is 12.7. The first-order valence-electron chi connectivity index (χ1n) is 5.18. The van der Waals surface area contributed by atoms with Crippen molar-refractivity contribution in [1.29, 1.82) is 0 Å². The molecule has 5 heteroatoms. The Morgan fingerprint density at radius 2 is 2.25 bits per heavy atom. The normalized spacial score (nSPS) is 11.6. The van der Waals surface area contributed by atoms with Crippen molar-refractivity contribution in [1.82, 2.24) is 9.55 Å². The summed E-state index contributed by atoms with van der Waals surface area (Å²) < 4.78 is 6.41. The van der Waals surface area contributed by atoms with Crippen LogP contribution in [0.25, 0.3) is 0 Å². The third-order valence-electron chi connectivity index (χ3n) is 2.40. The Morgan fingerprint density at radius 3 is 2.75 bits per heavy atom. The summed E-state index contributed by atoms with van der Waals surface area (Å²) in [5.74, 6) is 0.334. The maximum absolute atomic E-state index is 11.4. The SMILES string of the molecule is COC(=O)c1cnc(C)n1CCC(C)(C)O. The summed E-state index contributed by atoms with van der Waals surface area (Å²) in [6, 6.07) is 0. The number of imidazole rings is 1. The maximum atomic E-state index is 11.4. The first-order chi connectivity index (χ1) is 7.35. The quantitative estimate of drug-likeness (QED) is 0.782. The number of methoxy groups -OCH3 is 1. The van der Waals surface area contributed by atoms with E-state index in [1.54, 1.807) is 18.4 Å². The van der Waals surface area contributed by atoms with Crippen molar-refractivity contribution in [2.75, 3.05) is 7.11 Å². The summed E-state index contributed by atoms with van der Waals surface area (Å²) in [4.78, 5) is 15.5. The Kier molecular flexibility index (Phi) is 3.70. The van der Waals surface area contributed by atoms with Gasteiger partial charge in [-0.2, -0.15) is 0 Å². The number of hydrogen-bond donors (Lipinski definition) is 1. The second-order valence-electron chi connectivity index (χ2n) is 4.40. The van der Waals surface area contributed by atoms with Crippen molar-refractivity contribution in [2.45, 2.75) is 39.3 Å². The zero-order chi connectivity index (χ0) is 12.3. The van der Waals surface area contributed by atoms with Gasteiger partial charge in [-0.15, -0.1) is 0 Å². The number of aromatic nitrogens is 2. The monoisotopic (exact) mass is 226 g/mol. The maximum Gasteiger partial charge on any atom is 0.356 e. The van der Waals surface area contributed by atoms with Crippen LogP contribution in [-0.4, -0.2) is 33.3 Å². The molecule has 0 unspecified atom stereocenters. The molecule has 0 aliphatic rings. The van der Waals surface area contributed by atoms with Crippen LogP contribution in [0.2, 0.25) is 0 Å². The van der Waals surface area contributed by atoms with Gasteiger partial charge in [-0.25, -0.2) is 9.78 Å². The van der Waals surface area contributed by atoms with E-state index in [4.69, 9.17) is 0 Å². The van der Waals surface area contributed by atoms with Crippen LogP contribution in [0.4, 0.5) is 0 Å². The highest BCUT2D eigenvalue weighted by Gasteiger charge is 2.18. The number of carbonyl (C=O) groups excluding carboxylic acids is 1. The van der Waals surface area contributed by atoms with Gasteiger partial charge < -0.3 is 14.4 Å². The highest BCUT2D eigenvalue weighted by Crippen LogP contribution is 2.13. The molecular weight excluding hydrogens is 208 g/mol. The van der Waals surface area contributed by atoms with Crippen molar-refractivity contribution in [3.8, 4) is 0 Å². The van der Waals surface area contributed by atoms with Gasteiger partial charge in [-0.1, -0.05) is 0 Å². The van der Waals surface area contributed by atoms with Crippen LogP contribution in [0, 0.1) is 6.92 Å². The van der Waals surface area contributed by atoms with E-state index in [1.165, 1.54) is 13.3 Å². The highest BCUT2D eigenvalue weighted by atomic mass is 16.5. The second-order valence-corrected chi connectivity index (χ2v) is 4.40. The molecule has 1 N–H and O–H groups in total. The number of esters is 1. The number of aliphatic hydroxyl groups is 1. The lowest BCUT2D eigenvalue weighted by molar-refractivity contribution is 0.0560. The third kappa shape index (κ3) is 3.06. The van der Waals surface area contributed by atoms with Gasteiger partial charge >= 0.3 is 5.97 Å². The molecule has 0 saturated carbocycles. The van der Waals surface area contributed by atoms with Gasteiger partial charge in [0.2, 0.25) is 0 Å².